The van der Waals surface area contributed by atoms with Crippen molar-refractivity contribution >= 4 is 28.5 Å². The summed E-state index contributed by atoms with van der Waals surface area (Å²) in [5.41, 5.74) is 7.66. The van der Waals surface area contributed by atoms with Crippen molar-refractivity contribution in [2.75, 3.05) is 12.4 Å². The zero-order valence-corrected chi connectivity index (χ0v) is 12.5. The Hall–Kier alpha value is -2.01. The summed E-state index contributed by atoms with van der Waals surface area (Å²) in [7, 11) is 0. The van der Waals surface area contributed by atoms with Crippen molar-refractivity contribution in [1.29, 1.82) is 0 Å². The van der Waals surface area contributed by atoms with Gasteiger partial charge >= 0.3 is 5.97 Å². The van der Waals surface area contributed by atoms with Crippen LogP contribution in [0.4, 0.5) is 0 Å². The van der Waals surface area contributed by atoms with Crippen molar-refractivity contribution in [3.8, 4) is 0 Å². The molecule has 1 unspecified atom stereocenters. The quantitative estimate of drug-likeness (QED) is 0.883. The molecule has 1 aliphatic rings. The van der Waals surface area contributed by atoms with Gasteiger partial charge in [0, 0.05) is 29.5 Å². The highest BCUT2D eigenvalue weighted by molar-refractivity contribution is 8.03. The molecule has 0 fully saturated rings. The minimum atomic E-state index is -0.306. The first kappa shape index (κ1) is 13.9. The molecule has 4 nitrogen and oxygen atoms in total. The van der Waals surface area contributed by atoms with Crippen molar-refractivity contribution in [2.45, 2.75) is 12.8 Å². The maximum absolute atomic E-state index is 12.1. The Balaban J connectivity index is 1.99. The molecule has 2 heterocycles. The number of rotatable bonds is 3. The van der Waals surface area contributed by atoms with Crippen molar-refractivity contribution in [2.24, 2.45) is 5.73 Å². The zero-order chi connectivity index (χ0) is 14.8. The number of ether oxygens (including phenoxy) is 1. The van der Waals surface area contributed by atoms with E-state index in [9.17, 15) is 4.79 Å². The third-order valence-electron chi connectivity index (χ3n) is 3.58. The average Bonchev–Trinajstić information content (AvgIpc) is 2.89. The second-order valence-corrected chi connectivity index (χ2v) is 5.91. The first-order valence-electron chi connectivity index (χ1n) is 6.84. The van der Waals surface area contributed by atoms with Crippen LogP contribution in [0.2, 0.25) is 0 Å². The number of fused-ring (bicyclic) bond motifs is 1. The van der Waals surface area contributed by atoms with Gasteiger partial charge in [-0.2, -0.15) is 0 Å². The van der Waals surface area contributed by atoms with E-state index in [1.165, 1.54) is 11.8 Å². The summed E-state index contributed by atoms with van der Waals surface area (Å²) in [6.07, 6.45) is 3.60. The van der Waals surface area contributed by atoms with Crippen LogP contribution in [-0.4, -0.2) is 23.3 Å². The molecule has 108 valence electrons. The fraction of sp³-hybridized carbons (Fsp3) is 0.250. The monoisotopic (exact) mass is 300 g/mol. The summed E-state index contributed by atoms with van der Waals surface area (Å²) in [6, 6.07) is 8.13. The Morgan fingerprint density at radius 2 is 2.29 bits per heavy atom. The van der Waals surface area contributed by atoms with E-state index >= 15 is 0 Å². The summed E-state index contributed by atoms with van der Waals surface area (Å²) < 4.78 is 5.14. The fourth-order valence-corrected chi connectivity index (χ4v) is 3.63. The van der Waals surface area contributed by atoms with Crippen LogP contribution >= 0.6 is 11.8 Å². The number of aromatic nitrogens is 1. The van der Waals surface area contributed by atoms with E-state index in [0.717, 1.165) is 22.1 Å². The molecule has 0 bridgehead atoms. The molecule has 0 radical (unpaired) electrons. The van der Waals surface area contributed by atoms with Crippen molar-refractivity contribution in [3.05, 3.63) is 52.8 Å². The lowest BCUT2D eigenvalue weighted by molar-refractivity contribution is -0.138. The number of carbonyl (C=O) groups is 1. The van der Waals surface area contributed by atoms with Gasteiger partial charge in [-0.05, 0) is 23.9 Å². The van der Waals surface area contributed by atoms with Crippen LogP contribution < -0.4 is 5.73 Å². The van der Waals surface area contributed by atoms with Gasteiger partial charge in [0.2, 0.25) is 0 Å². The molecular formula is C16H16N2O2S. The molecule has 0 amide bonds. The summed E-state index contributed by atoms with van der Waals surface area (Å²) in [4.78, 5) is 16.2. The van der Waals surface area contributed by atoms with E-state index in [0.29, 0.717) is 17.2 Å². The van der Waals surface area contributed by atoms with Crippen LogP contribution in [0.15, 0.2) is 47.3 Å². The SMILES string of the molecule is CCOC(=O)C1=C(N)SCC1c1ccc2cnccc2c1. The van der Waals surface area contributed by atoms with Crippen molar-refractivity contribution in [1.82, 2.24) is 4.98 Å². The van der Waals surface area contributed by atoms with E-state index < -0.39 is 0 Å². The van der Waals surface area contributed by atoms with Crippen LogP contribution in [0, 0.1) is 0 Å². The summed E-state index contributed by atoms with van der Waals surface area (Å²) in [5.74, 6) is 0.461. The lowest BCUT2D eigenvalue weighted by Gasteiger charge is -2.14. The van der Waals surface area contributed by atoms with Gasteiger partial charge in [-0.15, -0.1) is 11.8 Å². The first-order chi connectivity index (χ1) is 10.2. The minimum absolute atomic E-state index is 0.00776. The van der Waals surface area contributed by atoms with Gasteiger partial charge in [0.05, 0.1) is 17.2 Å². The Kier molecular flexibility index (Phi) is 3.84. The van der Waals surface area contributed by atoms with Gasteiger partial charge in [-0.3, -0.25) is 4.98 Å². The fourth-order valence-electron chi connectivity index (χ4n) is 2.54. The van der Waals surface area contributed by atoms with Crippen LogP contribution in [0.3, 0.4) is 0 Å². The van der Waals surface area contributed by atoms with Crippen LogP contribution in [0.5, 0.6) is 0 Å². The van der Waals surface area contributed by atoms with E-state index in [1.807, 2.05) is 24.4 Å². The molecule has 21 heavy (non-hydrogen) atoms. The molecule has 1 aromatic heterocycles. The molecular weight excluding hydrogens is 284 g/mol. The number of pyridine rings is 1. The zero-order valence-electron chi connectivity index (χ0n) is 11.7. The highest BCUT2D eigenvalue weighted by Crippen LogP contribution is 2.40. The normalized spacial score (nSPS) is 18.2. The second kappa shape index (κ2) is 5.77. The maximum Gasteiger partial charge on any atom is 0.337 e. The maximum atomic E-state index is 12.1. The molecule has 1 aromatic carbocycles. The average molecular weight is 300 g/mol. The molecule has 1 aliphatic heterocycles. The Morgan fingerprint density at radius 3 is 3.10 bits per heavy atom. The van der Waals surface area contributed by atoms with Crippen molar-refractivity contribution < 1.29 is 9.53 Å². The van der Waals surface area contributed by atoms with Gasteiger partial charge in [-0.1, -0.05) is 18.2 Å². The number of thioether (sulfide) groups is 1. The number of carbonyl (C=O) groups excluding carboxylic acids is 1. The smallest absolute Gasteiger partial charge is 0.337 e. The lowest BCUT2D eigenvalue weighted by Crippen LogP contribution is -2.15. The van der Waals surface area contributed by atoms with Crippen LogP contribution in [0.25, 0.3) is 10.8 Å². The van der Waals surface area contributed by atoms with Gasteiger partial charge in [0.15, 0.2) is 0 Å². The molecule has 0 saturated carbocycles. The Labute approximate surface area is 127 Å². The van der Waals surface area contributed by atoms with Gasteiger partial charge < -0.3 is 10.5 Å². The highest BCUT2D eigenvalue weighted by Gasteiger charge is 2.32. The van der Waals surface area contributed by atoms with Gasteiger partial charge in [0.25, 0.3) is 0 Å². The van der Waals surface area contributed by atoms with E-state index in [4.69, 9.17) is 10.5 Å². The first-order valence-corrected chi connectivity index (χ1v) is 7.82. The van der Waals surface area contributed by atoms with Crippen molar-refractivity contribution in [3.63, 3.8) is 0 Å². The number of nitrogens with zero attached hydrogens (tertiary/aromatic N) is 1. The molecule has 0 saturated heterocycles. The molecule has 5 heteroatoms. The van der Waals surface area contributed by atoms with Crippen LogP contribution in [-0.2, 0) is 9.53 Å². The molecule has 2 aromatic rings. The molecule has 1 atom stereocenters. The predicted octanol–water partition coefficient (Wildman–Crippen LogP) is 2.80. The molecule has 3 rings (SSSR count). The topological polar surface area (TPSA) is 65.2 Å². The van der Waals surface area contributed by atoms with E-state index in [-0.39, 0.29) is 11.9 Å². The number of hydrogen-bond donors (Lipinski definition) is 1. The minimum Gasteiger partial charge on any atom is -0.463 e. The lowest BCUT2D eigenvalue weighted by atomic mass is 9.92. The largest absolute Gasteiger partial charge is 0.463 e. The number of nitrogens with two attached hydrogens (primary N) is 1. The highest BCUT2D eigenvalue weighted by atomic mass is 32.2. The van der Waals surface area contributed by atoms with Gasteiger partial charge in [-0.25, -0.2) is 4.79 Å². The number of hydrogen-bond acceptors (Lipinski definition) is 5. The third-order valence-corrected chi connectivity index (χ3v) is 4.61. The third kappa shape index (κ3) is 2.61. The number of esters is 1. The van der Waals surface area contributed by atoms with Gasteiger partial charge in [0.1, 0.15) is 0 Å². The van der Waals surface area contributed by atoms with Crippen LogP contribution in [0.1, 0.15) is 18.4 Å². The summed E-state index contributed by atoms with van der Waals surface area (Å²) in [5, 5.41) is 2.77. The summed E-state index contributed by atoms with van der Waals surface area (Å²) >= 11 is 1.51. The van der Waals surface area contributed by atoms with E-state index in [2.05, 4.69) is 11.1 Å². The second-order valence-electron chi connectivity index (χ2n) is 4.84. The number of benzene rings is 1. The molecule has 0 spiro atoms. The Bertz CT molecular complexity index is 727. The standard InChI is InChI=1S/C16H16N2O2S/c1-2-20-16(19)14-13(9-21-15(14)17)11-3-4-12-8-18-6-5-10(12)7-11/h3-8,13H,2,9,17H2,1H3. The molecule has 2 N–H and O–H groups in total. The Morgan fingerprint density at radius 1 is 1.43 bits per heavy atom. The predicted molar refractivity (Wildman–Crippen MR) is 84.8 cm³/mol. The summed E-state index contributed by atoms with van der Waals surface area (Å²) in [6.45, 7) is 2.16. The molecule has 0 aliphatic carbocycles. The van der Waals surface area contributed by atoms with E-state index in [1.54, 1.807) is 13.1 Å².